The van der Waals surface area contributed by atoms with Crippen LogP contribution in [0.1, 0.15) is 118 Å². The summed E-state index contributed by atoms with van der Waals surface area (Å²) in [5.74, 6) is 0.125. The minimum Gasteiger partial charge on any atom is -0.295 e. The second-order valence-electron chi connectivity index (χ2n) is 8.85. The first-order valence-electron chi connectivity index (χ1n) is 11.1. The highest BCUT2D eigenvalue weighted by Gasteiger charge is 2.14. The number of hydrogen-bond donors (Lipinski definition) is 0. The summed E-state index contributed by atoms with van der Waals surface area (Å²) in [7, 11) is 0. The van der Waals surface area contributed by atoms with Crippen molar-refractivity contribution in [3.05, 3.63) is 71.6 Å². The first-order valence-corrected chi connectivity index (χ1v) is 11.1. The molecule has 0 saturated heterocycles. The molecule has 1 aromatic carbocycles. The minimum absolute atomic E-state index is 0. The van der Waals surface area contributed by atoms with Crippen molar-refractivity contribution in [2.75, 3.05) is 0 Å². The highest BCUT2D eigenvalue weighted by Crippen LogP contribution is 2.23. The Morgan fingerprint density at radius 2 is 1.13 bits per heavy atom. The van der Waals surface area contributed by atoms with E-state index < -0.39 is 0 Å². The van der Waals surface area contributed by atoms with Crippen LogP contribution in [-0.2, 0) is 10.8 Å². The van der Waals surface area contributed by atoms with Crippen molar-refractivity contribution in [3.63, 3.8) is 0 Å². The van der Waals surface area contributed by atoms with E-state index in [4.69, 9.17) is 0 Å². The molecule has 0 saturated carbocycles. The first-order chi connectivity index (χ1) is 13.8. The van der Waals surface area contributed by atoms with Crippen molar-refractivity contribution in [1.82, 2.24) is 4.98 Å². The number of benzene rings is 1. The Labute approximate surface area is 194 Å². The van der Waals surface area contributed by atoms with Gasteiger partial charge in [0.2, 0.25) is 0 Å². The summed E-state index contributed by atoms with van der Waals surface area (Å²) in [6.45, 7) is 28.5. The summed E-state index contributed by atoms with van der Waals surface area (Å²) >= 11 is 0. The number of Topliss-reactive ketones (excluding diaryl/α,β-unsaturated/α-hetero) is 1. The van der Waals surface area contributed by atoms with E-state index in [1.165, 1.54) is 11.1 Å². The first kappa shape index (κ1) is 33.4. The van der Waals surface area contributed by atoms with Gasteiger partial charge in [0.25, 0.3) is 0 Å². The van der Waals surface area contributed by atoms with Crippen molar-refractivity contribution in [2.24, 2.45) is 0 Å². The summed E-state index contributed by atoms with van der Waals surface area (Å²) < 4.78 is 0. The highest BCUT2D eigenvalue weighted by molar-refractivity contribution is 5.94. The number of pyridine rings is 1. The maximum atomic E-state index is 11.0. The van der Waals surface area contributed by atoms with E-state index >= 15 is 0 Å². The number of ketones is 1. The van der Waals surface area contributed by atoms with Gasteiger partial charge in [0.05, 0.1) is 5.69 Å². The molecule has 0 radical (unpaired) electrons. The predicted molar refractivity (Wildman–Crippen MR) is 142 cm³/mol. The van der Waals surface area contributed by atoms with Crippen LogP contribution in [0.4, 0.5) is 0 Å². The molecule has 2 heteroatoms. The highest BCUT2D eigenvalue weighted by atomic mass is 16.1. The van der Waals surface area contributed by atoms with E-state index in [2.05, 4.69) is 59.2 Å². The van der Waals surface area contributed by atoms with Gasteiger partial charge in [0.1, 0.15) is 0 Å². The Morgan fingerprint density at radius 3 is 1.39 bits per heavy atom. The quantitative estimate of drug-likeness (QED) is 0.447. The fourth-order valence-corrected chi connectivity index (χ4v) is 2.29. The van der Waals surface area contributed by atoms with E-state index in [9.17, 15) is 4.79 Å². The van der Waals surface area contributed by atoms with Crippen LogP contribution in [0.25, 0.3) is 5.57 Å². The van der Waals surface area contributed by atoms with Gasteiger partial charge >= 0.3 is 0 Å². The lowest BCUT2D eigenvalue weighted by Gasteiger charge is -2.18. The van der Waals surface area contributed by atoms with E-state index in [-0.39, 0.29) is 24.0 Å². The Bertz CT molecular complexity index is 672. The second kappa shape index (κ2) is 15.6. The average Bonchev–Trinajstić information content (AvgIpc) is 2.70. The number of hydrogen-bond acceptors (Lipinski definition) is 2. The molecule has 0 fully saturated rings. The minimum atomic E-state index is 0. The molecule has 1 heterocycles. The third-order valence-corrected chi connectivity index (χ3v) is 4.22. The monoisotopic (exact) mass is 427 g/mol. The smallest absolute Gasteiger partial charge is 0.159 e. The molecule has 2 nitrogen and oxygen atoms in total. The molecule has 0 spiro atoms. The molecule has 2 aromatic rings. The topological polar surface area (TPSA) is 30.0 Å². The number of allylic oxidation sites excluding steroid dienone is 1. The molecule has 0 aliphatic carbocycles. The standard InChI is InChI=1S/C12H17N.C12H16O.2C2H6.CH4/c1-9(2)11-7-6-10(8-13-11)12(3,4)5;1-9(13)10-5-7-11(8-6-10)12(2,3)4;2*1-2;/h6-8H,1H2,2-5H3;5-8H,1-4H3;2*1-2H3;1H4. The molecular weight excluding hydrogens is 378 g/mol. The van der Waals surface area contributed by atoms with Crippen LogP contribution in [0.15, 0.2) is 49.2 Å². The van der Waals surface area contributed by atoms with Crippen LogP contribution in [0.5, 0.6) is 0 Å². The van der Waals surface area contributed by atoms with Crippen LogP contribution < -0.4 is 0 Å². The molecule has 0 amide bonds. The SMILES string of the molecule is C.C=C(C)c1ccc(C(C)(C)C)cn1.CC.CC.CC(=O)c1ccc(C(C)(C)C)cc1. The number of carbonyl (C=O) groups is 1. The van der Waals surface area contributed by atoms with E-state index in [0.29, 0.717) is 0 Å². The summed E-state index contributed by atoms with van der Waals surface area (Å²) in [6.07, 6.45) is 1.93. The zero-order valence-electron chi connectivity index (χ0n) is 21.6. The van der Waals surface area contributed by atoms with Gasteiger partial charge in [-0.15, -0.1) is 0 Å². The molecule has 0 aliphatic heterocycles. The fraction of sp³-hybridized carbons (Fsp3) is 0.517. The summed E-state index contributed by atoms with van der Waals surface area (Å²) in [5.41, 5.74) is 5.65. The maximum Gasteiger partial charge on any atom is 0.159 e. The number of aromatic nitrogens is 1. The normalized spacial score (nSPS) is 9.94. The van der Waals surface area contributed by atoms with Gasteiger partial charge in [-0.2, -0.15) is 0 Å². The van der Waals surface area contributed by atoms with Gasteiger partial charge in [0, 0.05) is 11.8 Å². The number of nitrogens with zero attached hydrogens (tertiary/aromatic N) is 1. The van der Waals surface area contributed by atoms with Crippen LogP contribution in [-0.4, -0.2) is 10.8 Å². The van der Waals surface area contributed by atoms with E-state index in [1.807, 2.05) is 71.1 Å². The zero-order valence-corrected chi connectivity index (χ0v) is 21.6. The van der Waals surface area contributed by atoms with Gasteiger partial charge in [0.15, 0.2) is 5.78 Å². The van der Waals surface area contributed by atoms with Crippen molar-refractivity contribution in [3.8, 4) is 0 Å². The molecule has 176 valence electrons. The van der Waals surface area contributed by atoms with Crippen molar-refractivity contribution < 1.29 is 4.79 Å². The van der Waals surface area contributed by atoms with Crippen LogP contribution in [0, 0.1) is 0 Å². The average molecular weight is 428 g/mol. The lowest BCUT2D eigenvalue weighted by Crippen LogP contribution is -2.11. The number of carbonyl (C=O) groups excluding carboxylic acids is 1. The van der Waals surface area contributed by atoms with Gasteiger partial charge in [-0.25, -0.2) is 0 Å². The molecule has 1 aromatic heterocycles. The Morgan fingerprint density at radius 1 is 0.742 bits per heavy atom. The van der Waals surface area contributed by atoms with E-state index in [0.717, 1.165) is 16.8 Å². The predicted octanol–water partition coefficient (Wildman–Crippen LogP) is 9.29. The molecule has 0 unspecified atom stereocenters. The zero-order chi connectivity index (χ0) is 24.1. The Kier molecular flexibility index (Phi) is 16.8. The van der Waals surface area contributed by atoms with Crippen molar-refractivity contribution in [2.45, 2.75) is 101 Å². The fourth-order valence-electron chi connectivity index (χ4n) is 2.29. The number of rotatable bonds is 2. The lowest BCUT2D eigenvalue weighted by molar-refractivity contribution is 0.101. The van der Waals surface area contributed by atoms with Crippen molar-refractivity contribution >= 4 is 11.4 Å². The molecule has 0 atom stereocenters. The van der Waals surface area contributed by atoms with Gasteiger partial charge in [-0.1, -0.05) is 114 Å². The molecule has 0 N–H and O–H groups in total. The van der Waals surface area contributed by atoms with Gasteiger partial charge in [-0.05, 0) is 47.4 Å². The van der Waals surface area contributed by atoms with Gasteiger partial charge in [-0.3, -0.25) is 9.78 Å². The third kappa shape index (κ3) is 12.9. The summed E-state index contributed by atoms with van der Waals surface area (Å²) in [5, 5.41) is 0. The summed E-state index contributed by atoms with van der Waals surface area (Å²) in [6, 6.07) is 12.0. The van der Waals surface area contributed by atoms with Crippen LogP contribution in [0.2, 0.25) is 0 Å². The largest absolute Gasteiger partial charge is 0.295 e. The summed E-state index contributed by atoms with van der Waals surface area (Å²) in [4.78, 5) is 15.4. The second-order valence-corrected chi connectivity index (χ2v) is 8.85. The van der Waals surface area contributed by atoms with E-state index in [1.54, 1.807) is 6.92 Å². The Hall–Kier alpha value is -2.22. The third-order valence-electron chi connectivity index (χ3n) is 4.22. The molecular formula is C29H49NO. The molecule has 2 rings (SSSR count). The molecule has 0 bridgehead atoms. The van der Waals surface area contributed by atoms with Crippen LogP contribution >= 0.6 is 0 Å². The van der Waals surface area contributed by atoms with Gasteiger partial charge < -0.3 is 0 Å². The Balaban J connectivity index is -0.000000424. The maximum absolute atomic E-state index is 11.0. The molecule has 31 heavy (non-hydrogen) atoms. The van der Waals surface area contributed by atoms with Crippen molar-refractivity contribution in [1.29, 1.82) is 0 Å². The molecule has 0 aliphatic rings. The lowest BCUT2D eigenvalue weighted by atomic mass is 9.86. The van der Waals surface area contributed by atoms with Crippen LogP contribution in [0.3, 0.4) is 0 Å².